The summed E-state index contributed by atoms with van der Waals surface area (Å²) in [4.78, 5) is 0. The first-order chi connectivity index (χ1) is 10.2. The molecule has 1 aliphatic rings. The van der Waals surface area contributed by atoms with Crippen LogP contribution < -0.4 is 5.32 Å². The summed E-state index contributed by atoms with van der Waals surface area (Å²) < 4.78 is 5.90. The highest BCUT2D eigenvalue weighted by molar-refractivity contribution is 5.28. The highest BCUT2D eigenvalue weighted by Gasteiger charge is 2.33. The van der Waals surface area contributed by atoms with E-state index < -0.39 is 0 Å². The van der Waals surface area contributed by atoms with Crippen LogP contribution >= 0.6 is 0 Å². The van der Waals surface area contributed by atoms with Crippen LogP contribution in [0.5, 0.6) is 0 Å². The van der Waals surface area contributed by atoms with Crippen LogP contribution in [-0.4, -0.2) is 19.3 Å². The van der Waals surface area contributed by atoms with Crippen molar-refractivity contribution in [3.63, 3.8) is 0 Å². The minimum atomic E-state index is 0.406. The zero-order valence-corrected chi connectivity index (χ0v) is 14.1. The zero-order chi connectivity index (χ0) is 15.2. The van der Waals surface area contributed by atoms with Gasteiger partial charge in [-0.1, -0.05) is 52.0 Å². The molecule has 0 aromatic heterocycles. The predicted molar refractivity (Wildman–Crippen MR) is 89.7 cm³/mol. The van der Waals surface area contributed by atoms with Gasteiger partial charge < -0.3 is 10.1 Å². The molecule has 2 nitrogen and oxygen atoms in total. The van der Waals surface area contributed by atoms with Crippen LogP contribution in [0.1, 0.15) is 70.0 Å². The minimum Gasteiger partial charge on any atom is -0.378 e. The lowest BCUT2D eigenvalue weighted by Crippen LogP contribution is -2.32. The van der Waals surface area contributed by atoms with Crippen LogP contribution in [0.3, 0.4) is 0 Å². The third-order valence-corrected chi connectivity index (χ3v) is 4.99. The predicted octanol–water partition coefficient (Wildman–Crippen LogP) is 4.67. The second-order valence-corrected chi connectivity index (χ2v) is 6.28. The highest BCUT2D eigenvalue weighted by atomic mass is 16.5. The number of rotatable bonds is 7. The number of benzene rings is 1. The van der Waals surface area contributed by atoms with Gasteiger partial charge in [0.05, 0.1) is 6.10 Å². The lowest BCUT2D eigenvalue weighted by atomic mass is 9.85. The second-order valence-electron chi connectivity index (χ2n) is 6.28. The summed E-state index contributed by atoms with van der Waals surface area (Å²) in [7, 11) is 0. The Morgan fingerprint density at radius 1 is 1.14 bits per heavy atom. The summed E-state index contributed by atoms with van der Waals surface area (Å²) in [5, 5.41) is 3.69. The van der Waals surface area contributed by atoms with Crippen molar-refractivity contribution in [1.82, 2.24) is 5.32 Å². The van der Waals surface area contributed by atoms with E-state index in [2.05, 4.69) is 57.3 Å². The normalized spacial score (nSPS) is 25.0. The van der Waals surface area contributed by atoms with Gasteiger partial charge in [0.1, 0.15) is 0 Å². The van der Waals surface area contributed by atoms with Gasteiger partial charge in [0.15, 0.2) is 0 Å². The SMILES string of the molecule is CCNC(c1ccc(C(C)CC)cc1)C1CCOC1CC. The number of nitrogens with one attached hydrogen (secondary N) is 1. The molecule has 0 amide bonds. The molecule has 0 bridgehead atoms. The van der Waals surface area contributed by atoms with Crippen molar-refractivity contribution >= 4 is 0 Å². The molecule has 0 radical (unpaired) electrons. The Kier molecular flexibility index (Phi) is 6.25. The molecule has 1 fully saturated rings. The first-order valence-electron chi connectivity index (χ1n) is 8.66. The van der Waals surface area contributed by atoms with Crippen molar-refractivity contribution in [2.75, 3.05) is 13.2 Å². The summed E-state index contributed by atoms with van der Waals surface area (Å²) in [6.45, 7) is 10.9. The molecule has 1 aromatic carbocycles. The quantitative estimate of drug-likeness (QED) is 0.788. The van der Waals surface area contributed by atoms with Gasteiger partial charge in [0, 0.05) is 18.6 Å². The first-order valence-corrected chi connectivity index (χ1v) is 8.66. The van der Waals surface area contributed by atoms with Crippen LogP contribution in [0.15, 0.2) is 24.3 Å². The summed E-state index contributed by atoms with van der Waals surface area (Å²) in [5.74, 6) is 1.25. The molecule has 0 spiro atoms. The molecule has 118 valence electrons. The Bertz CT molecular complexity index is 414. The van der Waals surface area contributed by atoms with Crippen molar-refractivity contribution in [2.45, 2.75) is 65.0 Å². The van der Waals surface area contributed by atoms with E-state index in [4.69, 9.17) is 4.74 Å². The van der Waals surface area contributed by atoms with Gasteiger partial charge in [-0.3, -0.25) is 0 Å². The molecule has 21 heavy (non-hydrogen) atoms. The smallest absolute Gasteiger partial charge is 0.0619 e. The lowest BCUT2D eigenvalue weighted by molar-refractivity contribution is 0.0776. The van der Waals surface area contributed by atoms with Gasteiger partial charge in [0.25, 0.3) is 0 Å². The fourth-order valence-corrected chi connectivity index (χ4v) is 3.47. The average Bonchev–Trinajstić information content (AvgIpc) is 3.00. The van der Waals surface area contributed by atoms with Crippen molar-refractivity contribution in [2.24, 2.45) is 5.92 Å². The molecule has 1 saturated heterocycles. The van der Waals surface area contributed by atoms with E-state index in [1.165, 1.54) is 24.0 Å². The average molecular weight is 289 g/mol. The number of hydrogen-bond acceptors (Lipinski definition) is 2. The van der Waals surface area contributed by atoms with Crippen LogP contribution in [0.2, 0.25) is 0 Å². The Morgan fingerprint density at radius 3 is 2.38 bits per heavy atom. The fraction of sp³-hybridized carbons (Fsp3) is 0.684. The molecule has 1 aromatic rings. The van der Waals surface area contributed by atoms with Gasteiger partial charge in [-0.05, 0) is 42.9 Å². The Balaban J connectivity index is 2.17. The van der Waals surface area contributed by atoms with E-state index in [0.29, 0.717) is 24.0 Å². The maximum absolute atomic E-state index is 5.90. The van der Waals surface area contributed by atoms with Gasteiger partial charge in [-0.25, -0.2) is 0 Å². The third kappa shape index (κ3) is 3.87. The van der Waals surface area contributed by atoms with E-state index in [0.717, 1.165) is 19.6 Å². The number of ether oxygens (including phenoxy) is 1. The van der Waals surface area contributed by atoms with Crippen LogP contribution in [0.4, 0.5) is 0 Å². The molecule has 2 rings (SSSR count). The summed E-state index contributed by atoms with van der Waals surface area (Å²) in [5.41, 5.74) is 2.86. The van der Waals surface area contributed by atoms with Gasteiger partial charge >= 0.3 is 0 Å². The molecule has 1 N–H and O–H groups in total. The zero-order valence-electron chi connectivity index (χ0n) is 14.1. The van der Waals surface area contributed by atoms with E-state index in [1.54, 1.807) is 0 Å². The fourth-order valence-electron chi connectivity index (χ4n) is 3.47. The topological polar surface area (TPSA) is 21.3 Å². The highest BCUT2D eigenvalue weighted by Crippen LogP contribution is 2.35. The molecule has 0 saturated carbocycles. The molecule has 1 heterocycles. The summed E-state index contributed by atoms with van der Waals surface area (Å²) in [6, 6.07) is 9.68. The maximum Gasteiger partial charge on any atom is 0.0619 e. The Hall–Kier alpha value is -0.860. The second kappa shape index (κ2) is 7.95. The first kappa shape index (κ1) is 16.5. The van der Waals surface area contributed by atoms with E-state index in [1.807, 2.05) is 0 Å². The van der Waals surface area contributed by atoms with Gasteiger partial charge in [-0.2, -0.15) is 0 Å². The monoisotopic (exact) mass is 289 g/mol. The van der Waals surface area contributed by atoms with Crippen LogP contribution in [0, 0.1) is 5.92 Å². The minimum absolute atomic E-state index is 0.406. The number of hydrogen-bond donors (Lipinski definition) is 1. The molecule has 0 aliphatic carbocycles. The summed E-state index contributed by atoms with van der Waals surface area (Å²) in [6.07, 6.45) is 3.88. The maximum atomic E-state index is 5.90. The van der Waals surface area contributed by atoms with E-state index in [-0.39, 0.29) is 0 Å². The van der Waals surface area contributed by atoms with Crippen molar-refractivity contribution in [3.8, 4) is 0 Å². The molecule has 4 unspecified atom stereocenters. The van der Waals surface area contributed by atoms with E-state index in [9.17, 15) is 0 Å². The molecule has 4 atom stereocenters. The standard InChI is InChI=1S/C19H31NO/c1-5-14(4)15-8-10-16(11-9-15)19(20-7-3)17-12-13-21-18(17)6-2/h8-11,14,17-20H,5-7,12-13H2,1-4H3. The lowest BCUT2D eigenvalue weighted by Gasteiger charge is -2.28. The van der Waals surface area contributed by atoms with Gasteiger partial charge in [0.2, 0.25) is 0 Å². The largest absolute Gasteiger partial charge is 0.378 e. The van der Waals surface area contributed by atoms with Crippen molar-refractivity contribution in [3.05, 3.63) is 35.4 Å². The molecular formula is C19H31NO. The third-order valence-electron chi connectivity index (χ3n) is 4.99. The molecule has 2 heteroatoms. The summed E-state index contributed by atoms with van der Waals surface area (Å²) >= 11 is 0. The van der Waals surface area contributed by atoms with Crippen LogP contribution in [0.25, 0.3) is 0 Å². The molecule has 1 aliphatic heterocycles. The van der Waals surface area contributed by atoms with Crippen molar-refractivity contribution in [1.29, 1.82) is 0 Å². The van der Waals surface area contributed by atoms with E-state index >= 15 is 0 Å². The van der Waals surface area contributed by atoms with Crippen LogP contribution in [-0.2, 0) is 4.74 Å². The Morgan fingerprint density at radius 2 is 1.81 bits per heavy atom. The Labute approximate surface area is 130 Å². The van der Waals surface area contributed by atoms with Crippen molar-refractivity contribution < 1.29 is 4.74 Å². The molecular weight excluding hydrogens is 258 g/mol. The van der Waals surface area contributed by atoms with Gasteiger partial charge in [-0.15, -0.1) is 0 Å².